The lowest BCUT2D eigenvalue weighted by atomic mass is 10.1. The topological polar surface area (TPSA) is 32.8 Å². The standard InChI is InChI=1S/C15H20N2O2.BrH/c1-12(2)17-8-7-16(11-17)10-15(18)13-5-4-6-14(9-13)19-3;/h4-9,12H,10-11H2,1-3H3;1H. The van der Waals surface area contributed by atoms with Crippen LogP contribution in [0.2, 0.25) is 0 Å². The third-order valence-corrected chi connectivity index (χ3v) is 3.22. The van der Waals surface area contributed by atoms with Gasteiger partial charge in [0.15, 0.2) is 5.78 Å². The van der Waals surface area contributed by atoms with Crippen LogP contribution in [0.5, 0.6) is 5.75 Å². The van der Waals surface area contributed by atoms with Gasteiger partial charge in [-0.2, -0.15) is 0 Å². The van der Waals surface area contributed by atoms with Gasteiger partial charge in [-0.05, 0) is 26.0 Å². The predicted molar refractivity (Wildman–Crippen MR) is 85.3 cm³/mol. The van der Waals surface area contributed by atoms with Gasteiger partial charge in [-0.1, -0.05) is 12.1 Å². The van der Waals surface area contributed by atoms with E-state index in [0.29, 0.717) is 23.9 Å². The van der Waals surface area contributed by atoms with E-state index in [0.717, 1.165) is 6.67 Å². The number of carbonyl (C=O) groups is 1. The number of ether oxygens (including phenoxy) is 1. The largest absolute Gasteiger partial charge is 0.497 e. The Balaban J connectivity index is 0.00000200. The molecule has 1 aliphatic rings. The maximum atomic E-state index is 12.2. The van der Waals surface area contributed by atoms with E-state index in [9.17, 15) is 4.79 Å². The van der Waals surface area contributed by atoms with Crippen molar-refractivity contribution in [2.45, 2.75) is 19.9 Å². The van der Waals surface area contributed by atoms with E-state index < -0.39 is 0 Å². The third kappa shape index (κ3) is 4.00. The van der Waals surface area contributed by atoms with E-state index >= 15 is 0 Å². The molecular weight excluding hydrogens is 320 g/mol. The summed E-state index contributed by atoms with van der Waals surface area (Å²) in [5.74, 6) is 0.820. The van der Waals surface area contributed by atoms with Crippen molar-refractivity contribution in [3.05, 3.63) is 42.2 Å². The molecule has 1 aromatic rings. The average molecular weight is 341 g/mol. The monoisotopic (exact) mass is 340 g/mol. The van der Waals surface area contributed by atoms with Crippen LogP contribution in [0.15, 0.2) is 36.7 Å². The van der Waals surface area contributed by atoms with E-state index in [1.807, 2.05) is 35.5 Å². The van der Waals surface area contributed by atoms with Crippen molar-refractivity contribution >= 4 is 22.8 Å². The van der Waals surface area contributed by atoms with E-state index in [1.54, 1.807) is 13.2 Å². The quantitative estimate of drug-likeness (QED) is 0.771. The maximum Gasteiger partial charge on any atom is 0.182 e. The van der Waals surface area contributed by atoms with E-state index in [2.05, 4.69) is 18.7 Å². The van der Waals surface area contributed by atoms with Gasteiger partial charge >= 0.3 is 0 Å². The minimum Gasteiger partial charge on any atom is -0.497 e. The lowest BCUT2D eigenvalue weighted by molar-refractivity contribution is 0.0940. The van der Waals surface area contributed by atoms with Crippen LogP contribution >= 0.6 is 17.0 Å². The van der Waals surface area contributed by atoms with Crippen molar-refractivity contribution in [2.24, 2.45) is 0 Å². The number of halogens is 1. The number of rotatable bonds is 5. The normalized spacial score (nSPS) is 13.6. The SMILES string of the molecule is Br.COc1cccc(C(=O)CN2C=CN(C(C)C)C2)c1. The number of Topliss-reactive ketones (excluding diaryl/α,β-unsaturated/α-hetero) is 1. The molecule has 0 aliphatic carbocycles. The molecule has 0 radical (unpaired) electrons. The summed E-state index contributed by atoms with van der Waals surface area (Å²) in [5.41, 5.74) is 0.691. The fourth-order valence-corrected chi connectivity index (χ4v) is 1.99. The molecule has 0 saturated carbocycles. The number of hydrogen-bond acceptors (Lipinski definition) is 4. The highest BCUT2D eigenvalue weighted by Crippen LogP contribution is 2.15. The second kappa shape index (κ2) is 7.33. The van der Waals surface area contributed by atoms with Crippen molar-refractivity contribution in [2.75, 3.05) is 20.3 Å². The van der Waals surface area contributed by atoms with Crippen LogP contribution in [0.3, 0.4) is 0 Å². The van der Waals surface area contributed by atoms with Crippen LogP contribution < -0.4 is 4.74 Å². The molecule has 0 fully saturated rings. The predicted octanol–water partition coefficient (Wildman–Crippen LogP) is 2.91. The van der Waals surface area contributed by atoms with Crippen LogP contribution in [0, 0.1) is 0 Å². The first-order chi connectivity index (χ1) is 9.10. The molecule has 5 heteroatoms. The van der Waals surface area contributed by atoms with Gasteiger partial charge in [0, 0.05) is 24.0 Å². The van der Waals surface area contributed by atoms with Crippen LogP contribution in [-0.2, 0) is 0 Å². The molecule has 110 valence electrons. The minimum absolute atomic E-state index is 0. The highest BCUT2D eigenvalue weighted by molar-refractivity contribution is 8.93. The fourth-order valence-electron chi connectivity index (χ4n) is 1.99. The van der Waals surface area contributed by atoms with Gasteiger partial charge in [-0.15, -0.1) is 17.0 Å². The summed E-state index contributed by atoms with van der Waals surface area (Å²) in [5, 5.41) is 0. The van der Waals surface area contributed by atoms with Gasteiger partial charge in [0.05, 0.1) is 20.3 Å². The number of nitrogens with zero attached hydrogens (tertiary/aromatic N) is 2. The Morgan fingerprint density at radius 2 is 2.10 bits per heavy atom. The van der Waals surface area contributed by atoms with Crippen molar-refractivity contribution in [1.82, 2.24) is 9.80 Å². The van der Waals surface area contributed by atoms with Crippen LogP contribution in [-0.4, -0.2) is 41.9 Å². The first-order valence-corrected chi connectivity index (χ1v) is 6.45. The molecule has 1 aromatic carbocycles. The summed E-state index contributed by atoms with van der Waals surface area (Å²) in [6.07, 6.45) is 4.00. The van der Waals surface area contributed by atoms with E-state index in [-0.39, 0.29) is 22.8 Å². The first kappa shape index (κ1) is 16.6. The Hall–Kier alpha value is -1.49. The van der Waals surface area contributed by atoms with Crippen LogP contribution in [0.1, 0.15) is 24.2 Å². The van der Waals surface area contributed by atoms with Gasteiger partial charge in [0.2, 0.25) is 0 Å². The third-order valence-electron chi connectivity index (χ3n) is 3.22. The zero-order valence-corrected chi connectivity index (χ0v) is 13.8. The number of ketones is 1. The van der Waals surface area contributed by atoms with Crippen molar-refractivity contribution < 1.29 is 9.53 Å². The van der Waals surface area contributed by atoms with Crippen molar-refractivity contribution in [1.29, 1.82) is 0 Å². The van der Waals surface area contributed by atoms with Crippen LogP contribution in [0.25, 0.3) is 0 Å². The highest BCUT2D eigenvalue weighted by atomic mass is 79.9. The van der Waals surface area contributed by atoms with E-state index in [4.69, 9.17) is 4.74 Å². The Kier molecular flexibility index (Phi) is 6.07. The summed E-state index contributed by atoms with van der Waals surface area (Å²) < 4.78 is 5.14. The molecule has 1 heterocycles. The summed E-state index contributed by atoms with van der Waals surface area (Å²) in [4.78, 5) is 16.4. The second-order valence-electron chi connectivity index (χ2n) is 4.95. The molecule has 20 heavy (non-hydrogen) atoms. The number of benzene rings is 1. The van der Waals surface area contributed by atoms with Crippen LogP contribution in [0.4, 0.5) is 0 Å². The lowest BCUT2D eigenvalue weighted by Crippen LogP contribution is -2.32. The Bertz CT molecular complexity index is 489. The average Bonchev–Trinajstić information content (AvgIpc) is 2.87. The minimum atomic E-state index is 0. The second-order valence-corrected chi connectivity index (χ2v) is 4.95. The molecule has 0 spiro atoms. The molecule has 0 aromatic heterocycles. The summed E-state index contributed by atoms with van der Waals surface area (Å²) >= 11 is 0. The molecule has 2 rings (SSSR count). The smallest absolute Gasteiger partial charge is 0.182 e. The zero-order valence-electron chi connectivity index (χ0n) is 12.1. The fraction of sp³-hybridized carbons (Fsp3) is 0.400. The number of methoxy groups -OCH3 is 1. The molecule has 4 nitrogen and oxygen atoms in total. The molecule has 0 atom stereocenters. The lowest BCUT2D eigenvalue weighted by Gasteiger charge is -2.23. The molecule has 0 bridgehead atoms. The maximum absolute atomic E-state index is 12.2. The molecule has 0 unspecified atom stereocenters. The summed E-state index contributed by atoms with van der Waals surface area (Å²) in [6, 6.07) is 7.74. The highest BCUT2D eigenvalue weighted by Gasteiger charge is 2.17. The number of carbonyl (C=O) groups excluding carboxylic acids is 1. The van der Waals surface area contributed by atoms with Gasteiger partial charge < -0.3 is 14.5 Å². The summed E-state index contributed by atoms with van der Waals surface area (Å²) in [7, 11) is 1.60. The van der Waals surface area contributed by atoms with Gasteiger partial charge in [-0.25, -0.2) is 0 Å². The summed E-state index contributed by atoms with van der Waals surface area (Å²) in [6.45, 7) is 5.44. The van der Waals surface area contributed by atoms with Gasteiger partial charge in [0.1, 0.15) is 5.75 Å². The molecule has 0 amide bonds. The molecular formula is C15H21BrN2O2. The Labute approximate surface area is 130 Å². The number of hydrogen-bond donors (Lipinski definition) is 0. The zero-order chi connectivity index (χ0) is 13.8. The van der Waals surface area contributed by atoms with Crippen molar-refractivity contribution in [3.63, 3.8) is 0 Å². The molecule has 0 N–H and O–H groups in total. The molecule has 1 aliphatic heterocycles. The van der Waals surface area contributed by atoms with Crippen molar-refractivity contribution in [3.8, 4) is 5.75 Å². The van der Waals surface area contributed by atoms with Gasteiger partial charge in [-0.3, -0.25) is 4.79 Å². The Morgan fingerprint density at radius 1 is 1.35 bits per heavy atom. The Morgan fingerprint density at radius 3 is 2.70 bits per heavy atom. The van der Waals surface area contributed by atoms with E-state index in [1.165, 1.54) is 0 Å². The molecule has 0 saturated heterocycles. The first-order valence-electron chi connectivity index (χ1n) is 6.45. The van der Waals surface area contributed by atoms with Gasteiger partial charge in [0.25, 0.3) is 0 Å².